The van der Waals surface area contributed by atoms with Gasteiger partial charge in [-0.15, -0.1) is 0 Å². The highest BCUT2D eigenvalue weighted by Gasteiger charge is 2.49. The van der Waals surface area contributed by atoms with Gasteiger partial charge in [0.1, 0.15) is 0 Å². The van der Waals surface area contributed by atoms with E-state index < -0.39 is 35.8 Å². The van der Waals surface area contributed by atoms with E-state index in [1.165, 1.54) is 37.1 Å². The van der Waals surface area contributed by atoms with Crippen molar-refractivity contribution in [3.8, 4) is 17.3 Å². The molecule has 0 unspecified atom stereocenters. The SMILES string of the molecule is CC(C)(C)[Si](C)(C)OCCCc1cnc(-c2oc3cnccc3c2OS(=O)(=O)C(F)(F)F)nc1.O=C(O)n1ncc2ccccc21. The van der Waals surface area contributed by atoms with Crippen molar-refractivity contribution in [2.45, 2.75) is 57.3 Å². The lowest BCUT2D eigenvalue weighted by Gasteiger charge is -2.36. The molecule has 0 fully saturated rings. The molecule has 0 saturated carbocycles. The maximum Gasteiger partial charge on any atom is 0.534 e. The molecule has 46 heavy (non-hydrogen) atoms. The molecular weight excluding hydrogens is 647 g/mol. The summed E-state index contributed by atoms with van der Waals surface area (Å²) in [5.74, 6) is -1.11. The molecule has 0 aliphatic heterocycles. The molecule has 17 heteroatoms. The fourth-order valence-electron chi connectivity index (χ4n) is 3.86. The molecule has 0 spiro atoms. The van der Waals surface area contributed by atoms with Gasteiger partial charge in [0.25, 0.3) is 0 Å². The number of pyridine rings is 1. The number of nitrogens with zero attached hydrogens (tertiary/aromatic N) is 5. The second-order valence-corrected chi connectivity index (χ2v) is 18.0. The Bertz CT molecular complexity index is 1940. The van der Waals surface area contributed by atoms with E-state index in [0.29, 0.717) is 18.5 Å². The molecule has 4 aromatic heterocycles. The number of aromatic nitrogens is 5. The number of hydrogen-bond donors (Lipinski definition) is 1. The van der Waals surface area contributed by atoms with Crippen molar-refractivity contribution in [3.63, 3.8) is 0 Å². The van der Waals surface area contributed by atoms with Gasteiger partial charge in [-0.1, -0.05) is 39.0 Å². The molecule has 0 atom stereocenters. The molecule has 4 heterocycles. The van der Waals surface area contributed by atoms with Crippen molar-refractivity contribution in [2.75, 3.05) is 6.61 Å². The number of fused-ring (bicyclic) bond motifs is 2. The molecule has 0 amide bonds. The molecule has 5 aromatic rings. The van der Waals surface area contributed by atoms with Crippen molar-refractivity contribution in [1.82, 2.24) is 24.7 Å². The number of alkyl halides is 3. The van der Waals surface area contributed by atoms with E-state index in [4.69, 9.17) is 13.9 Å². The Morgan fingerprint density at radius 1 is 1.04 bits per heavy atom. The normalized spacial score (nSPS) is 12.6. The number of carbonyl (C=O) groups is 1. The topological polar surface area (TPSA) is 160 Å². The second kappa shape index (κ2) is 13.2. The van der Waals surface area contributed by atoms with E-state index in [1.54, 1.807) is 12.1 Å². The Hall–Kier alpha value is -4.35. The third-order valence-electron chi connectivity index (χ3n) is 7.37. The van der Waals surface area contributed by atoms with E-state index in [9.17, 15) is 26.4 Å². The molecule has 0 bridgehead atoms. The maximum atomic E-state index is 12.9. The van der Waals surface area contributed by atoms with Crippen LogP contribution in [0.15, 0.2) is 65.7 Å². The number of para-hydroxylation sites is 1. The zero-order valence-corrected chi connectivity index (χ0v) is 27.4. The minimum Gasteiger partial charge on any atom is -0.463 e. The van der Waals surface area contributed by atoms with Gasteiger partial charge in [0, 0.05) is 30.6 Å². The highest BCUT2D eigenvalue weighted by Crippen LogP contribution is 2.41. The lowest BCUT2D eigenvalue weighted by Crippen LogP contribution is -2.41. The quantitative estimate of drug-likeness (QED) is 0.0776. The largest absolute Gasteiger partial charge is 0.534 e. The number of aryl methyl sites for hydroxylation is 1. The number of carboxylic acid groups (broad SMARTS) is 1. The first-order valence-corrected chi connectivity index (χ1v) is 18.2. The average molecular weight is 680 g/mol. The van der Waals surface area contributed by atoms with Gasteiger partial charge in [-0.05, 0) is 48.7 Å². The predicted octanol–water partition coefficient (Wildman–Crippen LogP) is 7.03. The fourth-order valence-corrected chi connectivity index (χ4v) is 5.43. The van der Waals surface area contributed by atoms with Crippen LogP contribution in [0.25, 0.3) is 33.5 Å². The number of furan rings is 1. The first-order valence-electron chi connectivity index (χ1n) is 13.9. The van der Waals surface area contributed by atoms with Crippen LogP contribution in [0.1, 0.15) is 32.8 Å². The van der Waals surface area contributed by atoms with Crippen LogP contribution in [0.3, 0.4) is 0 Å². The van der Waals surface area contributed by atoms with Gasteiger partial charge in [-0.3, -0.25) is 4.98 Å². The lowest BCUT2D eigenvalue weighted by atomic mass is 10.2. The third kappa shape index (κ3) is 7.71. The molecule has 0 radical (unpaired) electrons. The number of benzene rings is 1. The molecule has 12 nitrogen and oxygen atoms in total. The smallest absolute Gasteiger partial charge is 0.463 e. The summed E-state index contributed by atoms with van der Waals surface area (Å²) in [6, 6.07) is 8.44. The fraction of sp³-hybridized carbons (Fsp3) is 0.345. The Balaban J connectivity index is 0.000000331. The van der Waals surface area contributed by atoms with Crippen molar-refractivity contribution in [1.29, 1.82) is 0 Å². The van der Waals surface area contributed by atoms with Crippen molar-refractivity contribution in [3.05, 3.63) is 66.9 Å². The Morgan fingerprint density at radius 3 is 2.35 bits per heavy atom. The van der Waals surface area contributed by atoms with Crippen LogP contribution < -0.4 is 4.18 Å². The highest BCUT2D eigenvalue weighted by molar-refractivity contribution is 7.88. The maximum absolute atomic E-state index is 12.9. The summed E-state index contributed by atoms with van der Waals surface area (Å²) in [7, 11) is -7.78. The van der Waals surface area contributed by atoms with Gasteiger partial charge in [0.15, 0.2) is 25.5 Å². The molecule has 1 aromatic carbocycles. The average Bonchev–Trinajstić information content (AvgIpc) is 3.57. The van der Waals surface area contributed by atoms with Gasteiger partial charge in [-0.25, -0.2) is 14.8 Å². The standard InChI is InChI=1S/C21H26F3N3O5SSi.C8H6N2O2/c1-20(2,3)34(4,5)30-10-6-7-14-11-26-19(27-12-14)18-17(32-33(28,29)21(22,23)24)15-8-9-25-13-16(15)31-18;11-8(12)10-7-4-2-1-3-6(7)5-9-10/h8-9,11-13H,6-7,10H2,1-5H3;1-5H,(H,11,12). The monoisotopic (exact) mass is 679 g/mol. The van der Waals surface area contributed by atoms with E-state index in [-0.39, 0.29) is 27.6 Å². The van der Waals surface area contributed by atoms with Crippen LogP contribution in [-0.2, 0) is 21.0 Å². The number of rotatable bonds is 8. The second-order valence-electron chi connectivity index (χ2n) is 11.6. The van der Waals surface area contributed by atoms with Crippen LogP contribution in [0.2, 0.25) is 18.1 Å². The predicted molar refractivity (Wildman–Crippen MR) is 165 cm³/mol. The Labute approximate surface area is 263 Å². The van der Waals surface area contributed by atoms with Gasteiger partial charge < -0.3 is 18.1 Å². The van der Waals surface area contributed by atoms with Crippen molar-refractivity contribution in [2.24, 2.45) is 0 Å². The first kappa shape index (κ1) is 34.5. The zero-order chi connectivity index (χ0) is 33.9. The van der Waals surface area contributed by atoms with Crippen molar-refractivity contribution >= 4 is 46.4 Å². The van der Waals surface area contributed by atoms with Crippen molar-refractivity contribution < 1.29 is 44.5 Å². The van der Waals surface area contributed by atoms with Crippen LogP contribution in [0.5, 0.6) is 5.75 Å². The van der Waals surface area contributed by atoms with Gasteiger partial charge >= 0.3 is 21.7 Å². The Morgan fingerprint density at radius 2 is 1.72 bits per heavy atom. The summed E-state index contributed by atoms with van der Waals surface area (Å²) in [6.07, 6.45) is 7.34. The minimum atomic E-state index is -5.94. The molecule has 0 aliphatic rings. The van der Waals surface area contributed by atoms with Crippen LogP contribution in [-0.4, -0.2) is 64.8 Å². The summed E-state index contributed by atoms with van der Waals surface area (Å²) in [6.45, 7) is 11.4. The molecule has 0 aliphatic carbocycles. The van der Waals surface area contributed by atoms with E-state index in [0.717, 1.165) is 22.1 Å². The summed E-state index contributed by atoms with van der Waals surface area (Å²) in [4.78, 5) is 22.7. The Kier molecular flexibility index (Phi) is 9.88. The van der Waals surface area contributed by atoms with Crippen LogP contribution >= 0.6 is 0 Å². The first-order chi connectivity index (χ1) is 21.4. The molecule has 246 valence electrons. The number of halogens is 3. The lowest BCUT2D eigenvalue weighted by molar-refractivity contribution is -0.0499. The summed E-state index contributed by atoms with van der Waals surface area (Å²) >= 11 is 0. The molecule has 5 rings (SSSR count). The zero-order valence-electron chi connectivity index (χ0n) is 25.6. The highest BCUT2D eigenvalue weighted by atomic mass is 32.2. The van der Waals surface area contributed by atoms with E-state index in [1.807, 2.05) is 12.1 Å². The van der Waals surface area contributed by atoms with Gasteiger partial charge in [-0.2, -0.15) is 31.4 Å². The minimum absolute atomic E-state index is 0.00622. The van der Waals surface area contributed by atoms with E-state index in [2.05, 4.69) is 58.1 Å². The van der Waals surface area contributed by atoms with Gasteiger partial charge in [0.2, 0.25) is 5.76 Å². The number of hydrogen-bond acceptors (Lipinski definition) is 10. The summed E-state index contributed by atoms with van der Waals surface area (Å²) in [5, 5.41) is 13.3. The molecule has 1 N–H and O–H groups in total. The van der Waals surface area contributed by atoms with E-state index >= 15 is 0 Å². The summed E-state index contributed by atoms with van der Waals surface area (Å²) < 4.78 is 79.0. The molecular formula is C29H32F3N5O7SSi. The molecule has 0 saturated heterocycles. The van der Waals surface area contributed by atoms with Crippen LogP contribution in [0.4, 0.5) is 18.0 Å². The summed E-state index contributed by atoms with van der Waals surface area (Å²) in [5.41, 5.74) is -4.19. The third-order valence-corrected chi connectivity index (χ3v) is 12.9. The van der Waals surface area contributed by atoms with Gasteiger partial charge in [0.05, 0.1) is 23.3 Å². The van der Waals surface area contributed by atoms with Crippen LogP contribution in [0, 0.1) is 0 Å².